The quantitative estimate of drug-likeness (QED) is 0.732. The fraction of sp³-hybridized carbons (Fsp3) is 0.333. The molecule has 2 rings (SSSR count). The minimum atomic E-state index is -0.630. The average molecular weight is 235 g/mol. The number of nitrogens with zero attached hydrogens (tertiary/aromatic N) is 1. The Hall–Kier alpha value is -2.04. The molecule has 0 saturated carbocycles. The minimum absolute atomic E-state index is 0.0699. The van der Waals surface area contributed by atoms with Crippen molar-refractivity contribution in [2.45, 2.75) is 19.4 Å². The second kappa shape index (κ2) is 4.08. The molecule has 1 amide bonds. The number of ether oxygens (including phenoxy) is 1. The lowest BCUT2D eigenvalue weighted by molar-refractivity contribution is -0.143. The molecule has 1 aliphatic rings. The Balaban J connectivity index is 2.45. The molecule has 0 fully saturated rings. The minimum Gasteiger partial charge on any atom is -0.508 e. The van der Waals surface area contributed by atoms with Gasteiger partial charge in [-0.05, 0) is 11.6 Å². The summed E-state index contributed by atoms with van der Waals surface area (Å²) in [5.41, 5.74) is 1.43. The highest BCUT2D eigenvalue weighted by Crippen LogP contribution is 2.35. The van der Waals surface area contributed by atoms with Gasteiger partial charge in [-0.3, -0.25) is 9.69 Å². The zero-order valence-electron chi connectivity index (χ0n) is 9.64. The molecule has 0 spiro atoms. The highest BCUT2D eigenvalue weighted by Gasteiger charge is 2.37. The zero-order valence-corrected chi connectivity index (χ0v) is 9.64. The first-order valence-corrected chi connectivity index (χ1v) is 5.24. The third-order valence-electron chi connectivity index (χ3n) is 2.87. The number of phenols is 1. The van der Waals surface area contributed by atoms with Crippen molar-refractivity contribution in [1.29, 1.82) is 0 Å². The van der Waals surface area contributed by atoms with E-state index in [2.05, 4.69) is 4.74 Å². The molecule has 17 heavy (non-hydrogen) atoms. The predicted molar refractivity (Wildman–Crippen MR) is 60.8 cm³/mol. The van der Waals surface area contributed by atoms with Crippen molar-refractivity contribution >= 4 is 17.6 Å². The Bertz CT molecular complexity index is 483. The van der Waals surface area contributed by atoms with Crippen molar-refractivity contribution in [1.82, 2.24) is 0 Å². The van der Waals surface area contributed by atoms with Crippen molar-refractivity contribution in [2.24, 2.45) is 0 Å². The first-order chi connectivity index (χ1) is 8.04. The van der Waals surface area contributed by atoms with Gasteiger partial charge >= 0.3 is 5.97 Å². The topological polar surface area (TPSA) is 66.8 Å². The Morgan fingerprint density at radius 3 is 2.76 bits per heavy atom. The molecule has 0 saturated heterocycles. The summed E-state index contributed by atoms with van der Waals surface area (Å²) in [7, 11) is 1.29. The molecule has 1 aromatic rings. The lowest BCUT2D eigenvalue weighted by Gasteiger charge is -2.21. The fourth-order valence-electron chi connectivity index (χ4n) is 2.13. The van der Waals surface area contributed by atoms with Crippen molar-refractivity contribution in [3.8, 4) is 5.75 Å². The van der Waals surface area contributed by atoms with Crippen molar-refractivity contribution < 1.29 is 19.4 Å². The second-order valence-electron chi connectivity index (χ2n) is 3.95. The number of phenolic OH excluding ortho intramolecular Hbond substituents is 1. The Morgan fingerprint density at radius 1 is 1.47 bits per heavy atom. The van der Waals surface area contributed by atoms with Crippen molar-refractivity contribution in [3.05, 3.63) is 23.8 Å². The summed E-state index contributed by atoms with van der Waals surface area (Å²) in [6.45, 7) is 1.38. The first-order valence-electron chi connectivity index (χ1n) is 5.24. The number of amides is 1. The number of hydrogen-bond donors (Lipinski definition) is 1. The van der Waals surface area contributed by atoms with E-state index >= 15 is 0 Å². The highest BCUT2D eigenvalue weighted by atomic mass is 16.5. The molecular weight excluding hydrogens is 222 g/mol. The van der Waals surface area contributed by atoms with Gasteiger partial charge in [0.05, 0.1) is 12.8 Å². The van der Waals surface area contributed by atoms with Gasteiger partial charge in [-0.15, -0.1) is 0 Å². The summed E-state index contributed by atoms with van der Waals surface area (Å²) in [6, 6.07) is 4.11. The van der Waals surface area contributed by atoms with Crippen LogP contribution in [-0.4, -0.2) is 30.1 Å². The molecule has 1 heterocycles. The van der Waals surface area contributed by atoms with Gasteiger partial charge in [-0.25, -0.2) is 4.79 Å². The molecule has 1 unspecified atom stereocenters. The van der Waals surface area contributed by atoms with Crippen LogP contribution in [-0.2, 0) is 20.7 Å². The molecule has 1 N–H and O–H groups in total. The SMILES string of the molecule is COC(=O)C1Cc2ccc(O)cc2N1C(C)=O. The van der Waals surface area contributed by atoms with Gasteiger partial charge in [0.2, 0.25) is 5.91 Å². The maximum atomic E-state index is 11.6. The standard InChI is InChI=1S/C12H13NO4/c1-7(14)13-10-6-9(15)4-3-8(10)5-11(13)12(16)17-2/h3-4,6,11,15H,5H2,1-2H3. The van der Waals surface area contributed by atoms with Crippen LogP contribution in [0.4, 0.5) is 5.69 Å². The van der Waals surface area contributed by atoms with E-state index in [1.165, 1.54) is 31.1 Å². The van der Waals surface area contributed by atoms with Gasteiger partial charge in [0, 0.05) is 19.4 Å². The van der Waals surface area contributed by atoms with Gasteiger partial charge in [0.15, 0.2) is 0 Å². The maximum Gasteiger partial charge on any atom is 0.329 e. The lowest BCUT2D eigenvalue weighted by atomic mass is 10.1. The molecule has 90 valence electrons. The molecular formula is C12H13NO4. The van der Waals surface area contributed by atoms with Gasteiger partial charge in [0.1, 0.15) is 11.8 Å². The summed E-state index contributed by atoms with van der Waals surface area (Å²) in [5.74, 6) is -0.624. The maximum absolute atomic E-state index is 11.6. The van der Waals surface area contributed by atoms with Crippen LogP contribution in [0.25, 0.3) is 0 Å². The summed E-state index contributed by atoms with van der Waals surface area (Å²) in [6.07, 6.45) is 0.419. The first kappa shape index (κ1) is 11.4. The lowest BCUT2D eigenvalue weighted by Crippen LogP contribution is -2.42. The molecule has 1 atom stereocenters. The molecule has 5 nitrogen and oxygen atoms in total. The number of carbonyl (C=O) groups excluding carboxylic acids is 2. The third-order valence-corrected chi connectivity index (χ3v) is 2.87. The van der Waals surface area contributed by atoms with Gasteiger partial charge < -0.3 is 9.84 Å². The van der Waals surface area contributed by atoms with E-state index in [0.29, 0.717) is 12.1 Å². The van der Waals surface area contributed by atoms with E-state index in [-0.39, 0.29) is 11.7 Å². The number of benzene rings is 1. The molecule has 1 aliphatic heterocycles. The van der Waals surface area contributed by atoms with Crippen LogP contribution in [0.3, 0.4) is 0 Å². The summed E-state index contributed by atoms with van der Waals surface area (Å²) in [5, 5.41) is 9.42. The molecule has 0 aliphatic carbocycles. The number of esters is 1. The van der Waals surface area contributed by atoms with Crippen LogP contribution in [0.15, 0.2) is 18.2 Å². The molecule has 0 radical (unpaired) electrons. The average Bonchev–Trinajstić information content (AvgIpc) is 2.66. The summed E-state index contributed by atoms with van der Waals surface area (Å²) in [4.78, 5) is 24.6. The fourth-order valence-corrected chi connectivity index (χ4v) is 2.13. The van der Waals surface area contributed by atoms with Gasteiger partial charge in [-0.1, -0.05) is 6.07 Å². The van der Waals surface area contributed by atoms with E-state index in [1.54, 1.807) is 6.07 Å². The second-order valence-corrected chi connectivity index (χ2v) is 3.95. The Morgan fingerprint density at radius 2 is 2.18 bits per heavy atom. The molecule has 0 aromatic heterocycles. The van der Waals surface area contributed by atoms with Crippen LogP contribution in [0.5, 0.6) is 5.75 Å². The number of rotatable bonds is 1. The van der Waals surface area contributed by atoms with E-state index in [1.807, 2.05) is 0 Å². The number of aromatic hydroxyl groups is 1. The van der Waals surface area contributed by atoms with E-state index in [9.17, 15) is 14.7 Å². The van der Waals surface area contributed by atoms with Crippen LogP contribution in [0.2, 0.25) is 0 Å². The van der Waals surface area contributed by atoms with Crippen LogP contribution in [0, 0.1) is 0 Å². The number of carbonyl (C=O) groups is 2. The molecule has 1 aromatic carbocycles. The number of hydrogen-bond acceptors (Lipinski definition) is 4. The van der Waals surface area contributed by atoms with Crippen molar-refractivity contribution in [2.75, 3.05) is 12.0 Å². The Labute approximate surface area is 98.6 Å². The zero-order chi connectivity index (χ0) is 12.6. The predicted octanol–water partition coefficient (Wildman–Crippen LogP) is 0.843. The highest BCUT2D eigenvalue weighted by molar-refractivity contribution is 6.01. The van der Waals surface area contributed by atoms with Gasteiger partial charge in [-0.2, -0.15) is 0 Å². The van der Waals surface area contributed by atoms with Gasteiger partial charge in [0.25, 0.3) is 0 Å². The van der Waals surface area contributed by atoms with Crippen LogP contribution in [0.1, 0.15) is 12.5 Å². The largest absolute Gasteiger partial charge is 0.508 e. The molecule has 5 heteroatoms. The van der Waals surface area contributed by atoms with E-state index in [0.717, 1.165) is 5.56 Å². The van der Waals surface area contributed by atoms with Crippen LogP contribution >= 0.6 is 0 Å². The normalized spacial score (nSPS) is 17.8. The third kappa shape index (κ3) is 1.84. The van der Waals surface area contributed by atoms with E-state index < -0.39 is 12.0 Å². The van der Waals surface area contributed by atoms with Crippen LogP contribution < -0.4 is 4.90 Å². The van der Waals surface area contributed by atoms with Crippen molar-refractivity contribution in [3.63, 3.8) is 0 Å². The number of fused-ring (bicyclic) bond motifs is 1. The monoisotopic (exact) mass is 235 g/mol. The number of anilines is 1. The Kier molecular flexibility index (Phi) is 2.75. The summed E-state index contributed by atoms with van der Waals surface area (Å²) < 4.78 is 4.68. The smallest absolute Gasteiger partial charge is 0.329 e. The summed E-state index contributed by atoms with van der Waals surface area (Å²) >= 11 is 0. The van der Waals surface area contributed by atoms with E-state index in [4.69, 9.17) is 0 Å². The number of methoxy groups -OCH3 is 1. The molecule has 0 bridgehead atoms.